The van der Waals surface area contributed by atoms with Gasteiger partial charge in [0.15, 0.2) is 0 Å². The van der Waals surface area contributed by atoms with E-state index < -0.39 is 0 Å². The first-order valence-corrected chi connectivity index (χ1v) is 7.58. The average molecular weight is 360 g/mol. The normalized spacial score (nSPS) is 12.4. The number of anilines is 1. The Balaban J connectivity index is 2.13. The Morgan fingerprint density at radius 3 is 2.77 bits per heavy atom. The molecule has 0 spiro atoms. The molecule has 1 atom stereocenters. The number of nitrogens with two attached hydrogens (primary N) is 1. The van der Waals surface area contributed by atoms with Crippen LogP contribution in [0, 0.1) is 10.1 Å². The minimum atomic E-state index is -0.331. The molecule has 0 bridgehead atoms. The highest BCUT2D eigenvalue weighted by Crippen LogP contribution is 2.33. The maximum absolute atomic E-state index is 11.1. The minimum absolute atomic E-state index is 0.168. The molecule has 0 aliphatic rings. The van der Waals surface area contributed by atoms with Crippen molar-refractivity contribution in [3.05, 3.63) is 74.4 Å². The zero-order valence-corrected chi connectivity index (χ0v) is 13.2. The van der Waals surface area contributed by atoms with E-state index in [9.17, 15) is 10.1 Å². The van der Waals surface area contributed by atoms with Crippen LogP contribution in [0.25, 0.3) is 10.9 Å². The van der Waals surface area contributed by atoms with Crippen molar-refractivity contribution in [2.45, 2.75) is 5.92 Å². The maximum atomic E-state index is 11.1. The molecule has 1 heterocycles. The largest absolute Gasteiger partial charge is 0.398 e. The SMILES string of the molecule is Nc1ccc(C(C[N+](=O)[O-])c2c[nH]c3ccccc23)cc1Br. The number of rotatable bonds is 4. The van der Waals surface area contributed by atoms with Gasteiger partial charge >= 0.3 is 0 Å². The molecule has 0 aliphatic carbocycles. The molecular formula is C16H14BrN3O2. The number of hydrogen-bond donors (Lipinski definition) is 2. The highest BCUT2D eigenvalue weighted by molar-refractivity contribution is 9.10. The van der Waals surface area contributed by atoms with Crippen molar-refractivity contribution in [2.24, 2.45) is 0 Å². The van der Waals surface area contributed by atoms with Gasteiger partial charge in [-0.25, -0.2) is 0 Å². The van der Waals surface area contributed by atoms with Crippen LogP contribution in [-0.4, -0.2) is 16.5 Å². The molecule has 1 unspecified atom stereocenters. The van der Waals surface area contributed by atoms with Gasteiger partial charge in [0.25, 0.3) is 0 Å². The standard InChI is InChI=1S/C16H14BrN3O2/c17-14-7-10(5-6-15(14)18)13(9-20(21)22)12-8-19-16-4-2-1-3-11(12)16/h1-8,13,19H,9,18H2. The van der Waals surface area contributed by atoms with E-state index in [4.69, 9.17) is 5.73 Å². The Bertz CT molecular complexity index is 844. The molecule has 3 N–H and O–H groups in total. The summed E-state index contributed by atoms with van der Waals surface area (Å²) >= 11 is 3.39. The van der Waals surface area contributed by atoms with Crippen LogP contribution in [0.1, 0.15) is 17.0 Å². The number of nitro groups is 1. The lowest BCUT2D eigenvalue weighted by Crippen LogP contribution is -2.14. The number of hydrogen-bond acceptors (Lipinski definition) is 3. The second-order valence-electron chi connectivity index (χ2n) is 5.14. The predicted octanol–water partition coefficient (Wildman–Crippen LogP) is 3.92. The first-order chi connectivity index (χ1) is 10.6. The first kappa shape index (κ1) is 14.6. The number of para-hydroxylation sites is 1. The summed E-state index contributed by atoms with van der Waals surface area (Å²) in [4.78, 5) is 14.0. The van der Waals surface area contributed by atoms with E-state index in [-0.39, 0.29) is 17.4 Å². The molecule has 3 rings (SSSR count). The maximum Gasteiger partial charge on any atom is 0.214 e. The summed E-state index contributed by atoms with van der Waals surface area (Å²) < 4.78 is 0.748. The van der Waals surface area contributed by atoms with E-state index in [0.717, 1.165) is 26.5 Å². The van der Waals surface area contributed by atoms with Gasteiger partial charge in [-0.05, 0) is 45.3 Å². The fourth-order valence-electron chi connectivity index (χ4n) is 2.67. The molecule has 5 nitrogen and oxygen atoms in total. The van der Waals surface area contributed by atoms with Crippen LogP contribution >= 0.6 is 15.9 Å². The molecule has 0 amide bonds. The lowest BCUT2D eigenvalue weighted by molar-refractivity contribution is -0.481. The number of benzene rings is 2. The highest BCUT2D eigenvalue weighted by atomic mass is 79.9. The zero-order chi connectivity index (χ0) is 15.7. The highest BCUT2D eigenvalue weighted by Gasteiger charge is 2.23. The number of nitrogens with one attached hydrogen (secondary N) is 1. The van der Waals surface area contributed by atoms with Gasteiger partial charge in [-0.2, -0.15) is 0 Å². The smallest absolute Gasteiger partial charge is 0.214 e. The summed E-state index contributed by atoms with van der Waals surface area (Å²) in [7, 11) is 0. The van der Waals surface area contributed by atoms with Crippen molar-refractivity contribution < 1.29 is 4.92 Å². The Morgan fingerprint density at radius 1 is 1.27 bits per heavy atom. The number of H-pyrrole nitrogens is 1. The predicted molar refractivity (Wildman–Crippen MR) is 90.6 cm³/mol. The van der Waals surface area contributed by atoms with Crippen LogP contribution in [-0.2, 0) is 0 Å². The van der Waals surface area contributed by atoms with E-state index >= 15 is 0 Å². The number of nitrogen functional groups attached to an aromatic ring is 1. The molecule has 0 aliphatic heterocycles. The third-order valence-corrected chi connectivity index (χ3v) is 4.44. The third-order valence-electron chi connectivity index (χ3n) is 3.76. The Labute approximate surface area is 135 Å². The molecule has 22 heavy (non-hydrogen) atoms. The van der Waals surface area contributed by atoms with E-state index in [0.29, 0.717) is 5.69 Å². The lowest BCUT2D eigenvalue weighted by atomic mass is 9.91. The Kier molecular flexibility index (Phi) is 3.85. The van der Waals surface area contributed by atoms with Crippen molar-refractivity contribution in [1.82, 2.24) is 4.98 Å². The van der Waals surface area contributed by atoms with E-state index in [2.05, 4.69) is 20.9 Å². The molecule has 0 saturated heterocycles. The van der Waals surface area contributed by atoms with Crippen molar-refractivity contribution >= 4 is 32.5 Å². The van der Waals surface area contributed by atoms with Gasteiger partial charge in [-0.1, -0.05) is 24.3 Å². The summed E-state index contributed by atoms with van der Waals surface area (Å²) in [6.45, 7) is -0.168. The number of halogens is 1. The van der Waals surface area contributed by atoms with E-state index in [1.54, 1.807) is 6.07 Å². The fourth-order valence-corrected chi connectivity index (χ4v) is 3.07. The molecule has 0 radical (unpaired) electrons. The molecule has 1 aromatic heterocycles. The number of fused-ring (bicyclic) bond motifs is 1. The quantitative estimate of drug-likeness (QED) is 0.420. The van der Waals surface area contributed by atoms with Crippen LogP contribution in [0.5, 0.6) is 0 Å². The summed E-state index contributed by atoms with van der Waals surface area (Å²) in [5, 5.41) is 12.1. The topological polar surface area (TPSA) is 84.9 Å². The van der Waals surface area contributed by atoms with Crippen LogP contribution in [0.3, 0.4) is 0 Å². The summed E-state index contributed by atoms with van der Waals surface area (Å²) in [5.74, 6) is -0.331. The summed E-state index contributed by atoms with van der Waals surface area (Å²) in [6, 6.07) is 13.3. The van der Waals surface area contributed by atoms with Gasteiger partial charge in [0, 0.05) is 32.2 Å². The third kappa shape index (κ3) is 2.69. The molecule has 6 heteroatoms. The van der Waals surface area contributed by atoms with Crippen molar-refractivity contribution in [3.63, 3.8) is 0 Å². The van der Waals surface area contributed by atoms with Gasteiger partial charge in [-0.3, -0.25) is 10.1 Å². The van der Waals surface area contributed by atoms with Crippen molar-refractivity contribution in [1.29, 1.82) is 0 Å². The van der Waals surface area contributed by atoms with E-state index in [1.807, 2.05) is 42.6 Å². The zero-order valence-electron chi connectivity index (χ0n) is 11.6. The van der Waals surface area contributed by atoms with Gasteiger partial charge in [0.1, 0.15) is 0 Å². The number of aromatic amines is 1. The molecule has 2 aromatic carbocycles. The molecular weight excluding hydrogens is 346 g/mol. The van der Waals surface area contributed by atoms with Crippen LogP contribution in [0.15, 0.2) is 53.1 Å². The first-order valence-electron chi connectivity index (χ1n) is 6.79. The van der Waals surface area contributed by atoms with Gasteiger partial charge in [0.05, 0.1) is 5.92 Å². The molecule has 0 fully saturated rings. The Hall–Kier alpha value is -2.34. The van der Waals surface area contributed by atoms with Crippen LogP contribution in [0.2, 0.25) is 0 Å². The number of aromatic nitrogens is 1. The number of nitrogens with zero attached hydrogens (tertiary/aromatic N) is 1. The van der Waals surface area contributed by atoms with Crippen molar-refractivity contribution in [3.8, 4) is 0 Å². The van der Waals surface area contributed by atoms with Gasteiger partial charge in [0.2, 0.25) is 6.54 Å². The second-order valence-corrected chi connectivity index (χ2v) is 5.99. The minimum Gasteiger partial charge on any atom is -0.398 e. The average Bonchev–Trinajstić information content (AvgIpc) is 2.91. The van der Waals surface area contributed by atoms with Gasteiger partial charge < -0.3 is 10.7 Å². The summed E-state index contributed by atoms with van der Waals surface area (Å²) in [5.41, 5.74) is 9.18. The van der Waals surface area contributed by atoms with Gasteiger partial charge in [-0.15, -0.1) is 0 Å². The fraction of sp³-hybridized carbons (Fsp3) is 0.125. The second kappa shape index (κ2) is 5.81. The molecule has 0 saturated carbocycles. The monoisotopic (exact) mass is 359 g/mol. The summed E-state index contributed by atoms with van der Waals surface area (Å²) in [6.07, 6.45) is 1.85. The van der Waals surface area contributed by atoms with E-state index in [1.165, 1.54) is 0 Å². The van der Waals surface area contributed by atoms with Crippen molar-refractivity contribution in [2.75, 3.05) is 12.3 Å². The Morgan fingerprint density at radius 2 is 2.05 bits per heavy atom. The molecule has 112 valence electrons. The lowest BCUT2D eigenvalue weighted by Gasteiger charge is -2.14. The van der Waals surface area contributed by atoms with Crippen LogP contribution in [0.4, 0.5) is 5.69 Å². The molecule has 3 aromatic rings. The van der Waals surface area contributed by atoms with Crippen LogP contribution < -0.4 is 5.73 Å².